The first-order chi connectivity index (χ1) is 18.3. The van der Waals surface area contributed by atoms with Gasteiger partial charge in [-0.15, -0.1) is 0 Å². The van der Waals surface area contributed by atoms with Crippen molar-refractivity contribution in [1.82, 2.24) is 4.98 Å². The van der Waals surface area contributed by atoms with E-state index in [9.17, 15) is 14.7 Å². The molecule has 1 aliphatic rings. The Morgan fingerprint density at radius 2 is 1.89 bits per heavy atom. The number of para-hydroxylation sites is 1. The van der Waals surface area contributed by atoms with E-state index in [0.29, 0.717) is 32.4 Å². The summed E-state index contributed by atoms with van der Waals surface area (Å²) in [7, 11) is 1.51. The number of thiazole rings is 1. The Morgan fingerprint density at radius 1 is 1.13 bits per heavy atom. The number of aliphatic hydroxyl groups is 1. The van der Waals surface area contributed by atoms with E-state index in [-0.39, 0.29) is 11.3 Å². The number of halogens is 1. The minimum Gasteiger partial charge on any atom is -0.503 e. The molecule has 38 heavy (non-hydrogen) atoms. The number of carbonyl (C=O) groups is 2. The Labute approximate surface area is 226 Å². The number of anilines is 1. The number of methoxy groups -OCH3 is 1. The normalized spacial score (nSPS) is 15.7. The number of Topliss-reactive ketones (excluding diaryl/α,β-unsaturated/α-hetero) is 1. The maximum absolute atomic E-state index is 13.9. The van der Waals surface area contributed by atoms with E-state index in [4.69, 9.17) is 25.7 Å². The first-order valence-corrected chi connectivity index (χ1v) is 13.0. The monoisotopic (exact) mass is 544 g/mol. The zero-order chi connectivity index (χ0) is 26.7. The summed E-state index contributed by atoms with van der Waals surface area (Å²) in [6.07, 6.45) is 0. The van der Waals surface area contributed by atoms with Gasteiger partial charge in [0.2, 0.25) is 5.78 Å². The summed E-state index contributed by atoms with van der Waals surface area (Å²) < 4.78 is 12.2. The SMILES string of the molecule is COc1cccc2cc(C(=O)C3=C(O)C(=O)N(c4nc5c(C)cc(C)cc5s4)C3c3ccc(Cl)cc3)oc12. The van der Waals surface area contributed by atoms with Crippen LogP contribution in [0.15, 0.2) is 76.4 Å². The molecule has 1 unspecified atom stereocenters. The van der Waals surface area contributed by atoms with Gasteiger partial charge in [-0.25, -0.2) is 4.98 Å². The highest BCUT2D eigenvalue weighted by Gasteiger charge is 2.46. The van der Waals surface area contributed by atoms with Crippen molar-refractivity contribution in [2.45, 2.75) is 19.9 Å². The lowest BCUT2D eigenvalue weighted by molar-refractivity contribution is -0.117. The Kier molecular flexibility index (Phi) is 5.74. The van der Waals surface area contributed by atoms with Gasteiger partial charge in [-0.05, 0) is 60.9 Å². The molecule has 0 saturated heterocycles. The van der Waals surface area contributed by atoms with Gasteiger partial charge in [0.25, 0.3) is 5.91 Å². The summed E-state index contributed by atoms with van der Waals surface area (Å²) in [5, 5.41) is 12.6. The summed E-state index contributed by atoms with van der Waals surface area (Å²) >= 11 is 7.46. The van der Waals surface area contributed by atoms with Crippen LogP contribution in [0.25, 0.3) is 21.2 Å². The maximum Gasteiger partial charge on any atom is 0.296 e. The quantitative estimate of drug-likeness (QED) is 0.237. The minimum atomic E-state index is -0.940. The number of aryl methyl sites for hydroxylation is 2. The molecule has 6 rings (SSSR count). The first kappa shape index (κ1) is 24.2. The largest absolute Gasteiger partial charge is 0.503 e. The zero-order valence-corrected chi connectivity index (χ0v) is 22.2. The van der Waals surface area contributed by atoms with Crippen molar-refractivity contribution in [2.24, 2.45) is 0 Å². The molecule has 1 amide bonds. The number of furan rings is 1. The van der Waals surface area contributed by atoms with Crippen LogP contribution in [0.4, 0.5) is 5.13 Å². The molecule has 1 atom stereocenters. The number of fused-ring (bicyclic) bond motifs is 2. The Morgan fingerprint density at radius 3 is 2.63 bits per heavy atom. The molecule has 0 aliphatic carbocycles. The van der Waals surface area contributed by atoms with Gasteiger partial charge < -0.3 is 14.3 Å². The number of carbonyl (C=O) groups excluding carboxylic acids is 2. The fourth-order valence-electron chi connectivity index (χ4n) is 4.90. The molecule has 5 aromatic rings. The zero-order valence-electron chi connectivity index (χ0n) is 20.6. The van der Waals surface area contributed by atoms with Gasteiger partial charge in [-0.3, -0.25) is 14.5 Å². The number of hydrogen-bond donors (Lipinski definition) is 1. The molecule has 0 fully saturated rings. The molecule has 0 saturated carbocycles. The minimum absolute atomic E-state index is 0.0181. The molecular weight excluding hydrogens is 524 g/mol. The highest BCUT2D eigenvalue weighted by molar-refractivity contribution is 7.22. The van der Waals surface area contributed by atoms with Crippen molar-refractivity contribution in [1.29, 1.82) is 0 Å². The van der Waals surface area contributed by atoms with Crippen molar-refractivity contribution in [2.75, 3.05) is 12.0 Å². The summed E-state index contributed by atoms with van der Waals surface area (Å²) in [6, 6.07) is 16.8. The number of rotatable bonds is 5. The van der Waals surface area contributed by atoms with Crippen LogP contribution in [0.5, 0.6) is 5.75 Å². The maximum atomic E-state index is 13.9. The molecule has 9 heteroatoms. The third-order valence-corrected chi connectivity index (χ3v) is 7.87. The van der Waals surface area contributed by atoms with E-state index in [0.717, 1.165) is 21.3 Å². The van der Waals surface area contributed by atoms with E-state index >= 15 is 0 Å². The second kappa shape index (κ2) is 9.01. The third kappa shape index (κ3) is 3.76. The average Bonchev–Trinajstić information content (AvgIpc) is 3.58. The van der Waals surface area contributed by atoms with Crippen LogP contribution < -0.4 is 9.64 Å². The second-order valence-corrected chi connectivity index (χ2v) is 10.6. The Balaban J connectivity index is 1.52. The first-order valence-electron chi connectivity index (χ1n) is 11.8. The van der Waals surface area contributed by atoms with Gasteiger partial charge in [0.15, 0.2) is 28.0 Å². The topological polar surface area (TPSA) is 92.9 Å². The molecular formula is C29H21ClN2O5S. The van der Waals surface area contributed by atoms with Gasteiger partial charge in [-0.2, -0.15) is 0 Å². The molecule has 190 valence electrons. The van der Waals surface area contributed by atoms with Crippen molar-refractivity contribution >= 4 is 60.9 Å². The van der Waals surface area contributed by atoms with Gasteiger partial charge >= 0.3 is 0 Å². The molecule has 0 bridgehead atoms. The molecule has 3 aromatic carbocycles. The van der Waals surface area contributed by atoms with Crippen molar-refractivity contribution in [3.05, 3.63) is 99.5 Å². The standard InChI is InChI=1S/C29H21ClN2O5S/c1-14-11-15(2)23-21(12-14)38-29(31-23)32-24(16-7-9-18(30)10-8-16)22(26(34)28(32)35)25(33)20-13-17-5-4-6-19(36-3)27(17)37-20/h4-13,24,34H,1-3H3. The van der Waals surface area contributed by atoms with E-state index in [2.05, 4.69) is 0 Å². The molecule has 0 spiro atoms. The number of amides is 1. The van der Waals surface area contributed by atoms with Crippen LogP contribution in [0, 0.1) is 13.8 Å². The molecule has 3 heterocycles. The second-order valence-electron chi connectivity index (χ2n) is 9.13. The van der Waals surface area contributed by atoms with Gasteiger partial charge in [-0.1, -0.05) is 53.3 Å². The third-order valence-electron chi connectivity index (χ3n) is 6.61. The lowest BCUT2D eigenvalue weighted by Gasteiger charge is -2.24. The van der Waals surface area contributed by atoms with Crippen LogP contribution in [0.2, 0.25) is 5.02 Å². The number of aromatic nitrogens is 1. The van der Waals surface area contributed by atoms with Gasteiger partial charge in [0.05, 0.1) is 28.9 Å². The van der Waals surface area contributed by atoms with Crippen LogP contribution in [0.3, 0.4) is 0 Å². The van der Waals surface area contributed by atoms with Gasteiger partial charge in [0.1, 0.15) is 0 Å². The predicted molar refractivity (Wildman–Crippen MR) is 148 cm³/mol. The molecule has 2 aromatic heterocycles. The number of hydrogen-bond acceptors (Lipinski definition) is 7. The van der Waals surface area contributed by atoms with E-state index in [1.54, 1.807) is 48.5 Å². The number of ketones is 1. The highest BCUT2D eigenvalue weighted by Crippen LogP contribution is 2.45. The smallest absolute Gasteiger partial charge is 0.296 e. The highest BCUT2D eigenvalue weighted by atomic mass is 35.5. The average molecular weight is 545 g/mol. The van der Waals surface area contributed by atoms with E-state index < -0.39 is 23.5 Å². The van der Waals surface area contributed by atoms with Crippen LogP contribution in [-0.2, 0) is 4.79 Å². The Hall–Kier alpha value is -4.14. The molecule has 0 radical (unpaired) electrons. The number of ether oxygens (including phenoxy) is 1. The summed E-state index contributed by atoms with van der Waals surface area (Å²) in [5.74, 6) is -1.51. The lowest BCUT2D eigenvalue weighted by Crippen LogP contribution is -2.30. The Bertz CT molecular complexity index is 1800. The summed E-state index contributed by atoms with van der Waals surface area (Å²) in [4.78, 5) is 33.6. The molecule has 1 aliphatic heterocycles. The fraction of sp³-hybridized carbons (Fsp3) is 0.138. The van der Waals surface area contributed by atoms with Crippen molar-refractivity contribution in [3.8, 4) is 5.75 Å². The van der Waals surface area contributed by atoms with E-state index in [1.165, 1.54) is 23.3 Å². The summed E-state index contributed by atoms with van der Waals surface area (Å²) in [6.45, 7) is 3.96. The van der Waals surface area contributed by atoms with Crippen molar-refractivity contribution < 1.29 is 23.8 Å². The van der Waals surface area contributed by atoms with E-state index in [1.807, 2.05) is 26.0 Å². The number of nitrogens with zero attached hydrogens (tertiary/aromatic N) is 2. The lowest BCUT2D eigenvalue weighted by atomic mass is 9.95. The predicted octanol–water partition coefficient (Wildman–Crippen LogP) is 7.10. The van der Waals surface area contributed by atoms with Crippen molar-refractivity contribution in [3.63, 3.8) is 0 Å². The number of aliphatic hydroxyl groups excluding tert-OH is 1. The van der Waals surface area contributed by atoms with Gasteiger partial charge in [0, 0.05) is 10.4 Å². The van der Waals surface area contributed by atoms with Crippen LogP contribution in [0.1, 0.15) is 33.3 Å². The summed E-state index contributed by atoms with van der Waals surface area (Å²) in [5.41, 5.74) is 3.71. The molecule has 1 N–H and O–H groups in total. The number of benzene rings is 3. The van der Waals surface area contributed by atoms with Crippen LogP contribution in [-0.4, -0.2) is 28.9 Å². The van der Waals surface area contributed by atoms with Crippen LogP contribution >= 0.6 is 22.9 Å². The molecule has 7 nitrogen and oxygen atoms in total. The fourth-order valence-corrected chi connectivity index (χ4v) is 6.19.